The van der Waals surface area contributed by atoms with Crippen molar-refractivity contribution in [3.63, 3.8) is 0 Å². The first-order valence-corrected chi connectivity index (χ1v) is 6.43. The minimum absolute atomic E-state index is 0.419. The van der Waals surface area contributed by atoms with Crippen molar-refractivity contribution in [1.82, 2.24) is 19.9 Å². The van der Waals surface area contributed by atoms with Crippen molar-refractivity contribution in [2.24, 2.45) is 0 Å². The molecule has 0 amide bonds. The molecular formula is C12H20N4O. The molecule has 0 N–H and O–H groups in total. The number of aromatic nitrogens is 3. The van der Waals surface area contributed by atoms with E-state index < -0.39 is 0 Å². The number of piperidine rings is 1. The summed E-state index contributed by atoms with van der Waals surface area (Å²) in [7, 11) is 0. The molecule has 2 heterocycles. The van der Waals surface area contributed by atoms with Crippen molar-refractivity contribution >= 4 is 6.29 Å². The number of rotatable bonds is 5. The molecule has 2 rings (SSSR count). The van der Waals surface area contributed by atoms with Crippen molar-refractivity contribution in [2.45, 2.75) is 45.2 Å². The Morgan fingerprint density at radius 3 is 3.12 bits per heavy atom. The standard InChI is InChI=1S/C12H20N4O/c1-2-6-15-7-4-3-5-12(15)9-16-8-11(10-17)13-14-16/h8,10,12H,2-7,9H2,1H3. The molecule has 1 atom stereocenters. The molecule has 0 radical (unpaired) electrons. The average molecular weight is 236 g/mol. The number of nitrogens with zero attached hydrogens (tertiary/aromatic N) is 4. The van der Waals surface area contributed by atoms with Crippen molar-refractivity contribution in [3.05, 3.63) is 11.9 Å². The smallest absolute Gasteiger partial charge is 0.171 e. The molecule has 1 aromatic rings. The van der Waals surface area contributed by atoms with Crippen LogP contribution in [0.5, 0.6) is 0 Å². The summed E-state index contributed by atoms with van der Waals surface area (Å²) in [5.74, 6) is 0. The minimum atomic E-state index is 0.419. The molecule has 0 bridgehead atoms. The van der Waals surface area contributed by atoms with Gasteiger partial charge in [-0.25, -0.2) is 0 Å². The van der Waals surface area contributed by atoms with Gasteiger partial charge in [0.1, 0.15) is 5.69 Å². The zero-order chi connectivity index (χ0) is 12.1. The molecule has 94 valence electrons. The van der Waals surface area contributed by atoms with E-state index in [9.17, 15) is 4.79 Å². The highest BCUT2D eigenvalue weighted by atomic mass is 16.1. The number of hydrogen-bond donors (Lipinski definition) is 0. The summed E-state index contributed by atoms with van der Waals surface area (Å²) in [5.41, 5.74) is 0.419. The molecule has 17 heavy (non-hydrogen) atoms. The largest absolute Gasteiger partial charge is 0.299 e. The zero-order valence-corrected chi connectivity index (χ0v) is 10.4. The van der Waals surface area contributed by atoms with Crippen LogP contribution in [0.1, 0.15) is 43.1 Å². The van der Waals surface area contributed by atoms with Gasteiger partial charge in [0.25, 0.3) is 0 Å². The summed E-state index contributed by atoms with van der Waals surface area (Å²) >= 11 is 0. The molecule has 1 aliphatic rings. The highest BCUT2D eigenvalue weighted by Crippen LogP contribution is 2.18. The summed E-state index contributed by atoms with van der Waals surface area (Å²) in [5, 5.41) is 7.78. The fourth-order valence-electron chi connectivity index (χ4n) is 2.52. The number of carbonyl (C=O) groups excluding carboxylic acids is 1. The van der Waals surface area contributed by atoms with Gasteiger partial charge >= 0.3 is 0 Å². The Kier molecular flexibility index (Phi) is 4.25. The van der Waals surface area contributed by atoms with Crippen LogP contribution in [0.25, 0.3) is 0 Å². The molecule has 5 nitrogen and oxygen atoms in total. The molecule has 0 aliphatic carbocycles. The quantitative estimate of drug-likeness (QED) is 0.724. The molecule has 1 fully saturated rings. The molecular weight excluding hydrogens is 216 g/mol. The van der Waals surface area contributed by atoms with Gasteiger partial charge in [0.05, 0.1) is 12.7 Å². The number of carbonyl (C=O) groups is 1. The van der Waals surface area contributed by atoms with Crippen LogP contribution in [0.15, 0.2) is 6.20 Å². The van der Waals surface area contributed by atoms with Crippen molar-refractivity contribution in [3.8, 4) is 0 Å². The van der Waals surface area contributed by atoms with E-state index in [0.717, 1.165) is 19.4 Å². The zero-order valence-electron chi connectivity index (χ0n) is 10.4. The lowest BCUT2D eigenvalue weighted by Crippen LogP contribution is -2.42. The van der Waals surface area contributed by atoms with Crippen LogP contribution in [0.3, 0.4) is 0 Å². The Morgan fingerprint density at radius 1 is 1.53 bits per heavy atom. The van der Waals surface area contributed by atoms with E-state index >= 15 is 0 Å². The summed E-state index contributed by atoms with van der Waals surface area (Å²) in [6.45, 7) is 5.40. The van der Waals surface area contributed by atoms with E-state index in [2.05, 4.69) is 22.1 Å². The van der Waals surface area contributed by atoms with E-state index in [0.29, 0.717) is 11.7 Å². The Hall–Kier alpha value is -1.23. The molecule has 0 spiro atoms. The minimum Gasteiger partial charge on any atom is -0.299 e. The molecule has 0 aromatic carbocycles. The first-order valence-electron chi connectivity index (χ1n) is 6.43. The monoisotopic (exact) mass is 236 g/mol. The van der Waals surface area contributed by atoms with E-state index in [4.69, 9.17) is 0 Å². The van der Waals surface area contributed by atoms with Gasteiger partial charge in [-0.2, -0.15) is 0 Å². The summed E-state index contributed by atoms with van der Waals surface area (Å²) in [6.07, 6.45) is 7.47. The van der Waals surface area contributed by atoms with Gasteiger partial charge in [-0.05, 0) is 32.4 Å². The predicted molar refractivity (Wildman–Crippen MR) is 64.9 cm³/mol. The Bertz CT molecular complexity index is 361. The van der Waals surface area contributed by atoms with Gasteiger partial charge in [0.15, 0.2) is 6.29 Å². The van der Waals surface area contributed by atoms with E-state index in [1.807, 2.05) is 0 Å². The van der Waals surface area contributed by atoms with Crippen LogP contribution in [0.4, 0.5) is 0 Å². The van der Waals surface area contributed by atoms with Gasteiger partial charge in [-0.1, -0.05) is 18.6 Å². The summed E-state index contributed by atoms with van der Waals surface area (Å²) in [4.78, 5) is 13.1. The van der Waals surface area contributed by atoms with Crippen molar-refractivity contribution < 1.29 is 4.79 Å². The van der Waals surface area contributed by atoms with Crippen LogP contribution >= 0.6 is 0 Å². The Morgan fingerprint density at radius 2 is 2.41 bits per heavy atom. The fourth-order valence-corrected chi connectivity index (χ4v) is 2.52. The van der Waals surface area contributed by atoms with Gasteiger partial charge in [0.2, 0.25) is 0 Å². The second kappa shape index (κ2) is 5.91. The Labute approximate surface area is 102 Å². The normalized spacial score (nSPS) is 21.6. The molecule has 1 aliphatic heterocycles. The third kappa shape index (κ3) is 3.12. The SMILES string of the molecule is CCCN1CCCCC1Cn1cc(C=O)nn1. The summed E-state index contributed by atoms with van der Waals surface area (Å²) in [6, 6.07) is 0.546. The van der Waals surface area contributed by atoms with Crippen LogP contribution in [0.2, 0.25) is 0 Å². The van der Waals surface area contributed by atoms with Gasteiger partial charge in [-0.15, -0.1) is 5.10 Å². The number of likely N-dealkylation sites (tertiary alicyclic amines) is 1. The lowest BCUT2D eigenvalue weighted by Gasteiger charge is -2.35. The maximum atomic E-state index is 10.6. The highest BCUT2D eigenvalue weighted by molar-refractivity contribution is 5.70. The second-order valence-electron chi connectivity index (χ2n) is 4.67. The summed E-state index contributed by atoms with van der Waals surface area (Å²) < 4.78 is 1.79. The fraction of sp³-hybridized carbons (Fsp3) is 0.750. The topological polar surface area (TPSA) is 51.0 Å². The van der Waals surface area contributed by atoms with Crippen molar-refractivity contribution in [1.29, 1.82) is 0 Å². The molecule has 1 aromatic heterocycles. The van der Waals surface area contributed by atoms with Crippen LogP contribution in [-0.2, 0) is 6.54 Å². The van der Waals surface area contributed by atoms with Crippen LogP contribution in [0, 0.1) is 0 Å². The van der Waals surface area contributed by atoms with Gasteiger partial charge < -0.3 is 0 Å². The lowest BCUT2D eigenvalue weighted by molar-refractivity contribution is 0.111. The van der Waals surface area contributed by atoms with E-state index in [1.165, 1.54) is 32.2 Å². The first kappa shape index (κ1) is 12.2. The highest BCUT2D eigenvalue weighted by Gasteiger charge is 2.22. The van der Waals surface area contributed by atoms with Gasteiger partial charge in [-0.3, -0.25) is 14.4 Å². The van der Waals surface area contributed by atoms with E-state index in [-0.39, 0.29) is 0 Å². The molecule has 0 saturated carbocycles. The third-order valence-corrected chi connectivity index (χ3v) is 3.33. The van der Waals surface area contributed by atoms with Crippen LogP contribution in [-0.4, -0.2) is 45.3 Å². The van der Waals surface area contributed by atoms with Crippen molar-refractivity contribution in [2.75, 3.05) is 13.1 Å². The number of aldehydes is 1. The molecule has 1 saturated heterocycles. The predicted octanol–water partition coefficient (Wildman–Crippen LogP) is 1.36. The maximum absolute atomic E-state index is 10.6. The molecule has 5 heteroatoms. The average Bonchev–Trinajstić information content (AvgIpc) is 2.80. The Balaban J connectivity index is 1.97. The number of hydrogen-bond acceptors (Lipinski definition) is 4. The molecule has 1 unspecified atom stereocenters. The van der Waals surface area contributed by atoms with Crippen LogP contribution < -0.4 is 0 Å². The first-order chi connectivity index (χ1) is 8.33. The van der Waals surface area contributed by atoms with E-state index in [1.54, 1.807) is 10.9 Å². The van der Waals surface area contributed by atoms with Gasteiger partial charge in [0, 0.05) is 6.04 Å². The second-order valence-corrected chi connectivity index (χ2v) is 4.67. The maximum Gasteiger partial charge on any atom is 0.171 e. The third-order valence-electron chi connectivity index (χ3n) is 3.33. The lowest BCUT2D eigenvalue weighted by atomic mass is 10.0.